The first kappa shape index (κ1) is 23.4. The van der Waals surface area contributed by atoms with E-state index in [1.165, 1.54) is 0 Å². The summed E-state index contributed by atoms with van der Waals surface area (Å²) in [6, 6.07) is 30.6. The lowest BCUT2D eigenvalue weighted by atomic mass is 10.0. The average Bonchev–Trinajstić information content (AvgIpc) is 3.15. The third kappa shape index (κ3) is 4.36. The maximum absolute atomic E-state index is 13.3. The highest BCUT2D eigenvalue weighted by Gasteiger charge is 2.23. The van der Waals surface area contributed by atoms with Crippen LogP contribution in [0.4, 0.5) is 17.2 Å². The predicted molar refractivity (Wildman–Crippen MR) is 145 cm³/mol. The van der Waals surface area contributed by atoms with E-state index in [-0.39, 0.29) is 10.7 Å². The second kappa shape index (κ2) is 9.36. The molecule has 180 valence electrons. The van der Waals surface area contributed by atoms with Gasteiger partial charge in [0.25, 0.3) is 10.0 Å². The van der Waals surface area contributed by atoms with Gasteiger partial charge >= 0.3 is 0 Å². The highest BCUT2D eigenvalue weighted by Crippen LogP contribution is 2.38. The number of hydrogen-bond donors (Lipinski definition) is 2. The van der Waals surface area contributed by atoms with Crippen LogP contribution in [0.1, 0.15) is 21.5 Å². The summed E-state index contributed by atoms with van der Waals surface area (Å²) in [6.45, 7) is 1.91. The molecule has 5 aromatic rings. The number of nitrogens with zero attached hydrogens (tertiary/aromatic N) is 1. The topological polar surface area (TPSA) is 80.2 Å². The second-order valence-electron chi connectivity index (χ2n) is 8.58. The van der Waals surface area contributed by atoms with Gasteiger partial charge in [-0.05, 0) is 37.3 Å². The van der Waals surface area contributed by atoms with E-state index in [1.54, 1.807) is 47.0 Å². The lowest BCUT2D eigenvalue weighted by Gasteiger charge is -2.15. The molecule has 0 atom stereocenters. The molecule has 1 aromatic heterocycles. The summed E-state index contributed by atoms with van der Waals surface area (Å²) in [6.07, 6.45) is 0. The number of hydrogen-bond acceptors (Lipinski definition) is 4. The van der Waals surface area contributed by atoms with Gasteiger partial charge in [0.1, 0.15) is 5.82 Å². The van der Waals surface area contributed by atoms with Gasteiger partial charge in [0, 0.05) is 29.2 Å². The van der Waals surface area contributed by atoms with Crippen LogP contribution in [0.5, 0.6) is 0 Å². The van der Waals surface area contributed by atoms with Gasteiger partial charge in [-0.15, -0.1) is 0 Å². The Morgan fingerprint density at radius 2 is 1.42 bits per heavy atom. The first-order valence-corrected chi connectivity index (χ1v) is 13.0. The van der Waals surface area contributed by atoms with E-state index < -0.39 is 10.0 Å². The van der Waals surface area contributed by atoms with E-state index in [0.29, 0.717) is 28.3 Å². The molecular formula is C29H25N3O3S. The van der Waals surface area contributed by atoms with Crippen molar-refractivity contribution in [2.45, 2.75) is 11.8 Å². The monoisotopic (exact) mass is 495 g/mol. The van der Waals surface area contributed by atoms with Gasteiger partial charge < -0.3 is 9.88 Å². The number of anilines is 3. The predicted octanol–water partition coefficient (Wildman–Crippen LogP) is 6.26. The van der Waals surface area contributed by atoms with Crippen LogP contribution in [0.3, 0.4) is 0 Å². The van der Waals surface area contributed by atoms with Crippen LogP contribution in [0.25, 0.3) is 10.9 Å². The van der Waals surface area contributed by atoms with E-state index in [4.69, 9.17) is 0 Å². The number of carbonyl (C=O) groups is 1. The summed E-state index contributed by atoms with van der Waals surface area (Å²) in [7, 11) is -2.06. The SMILES string of the molecule is Cc1ccc(S(=O)(=O)Nc2c(Nc3ccccc3C(=O)c3ccccc3)c3ccccc3n2C)cc1. The minimum atomic E-state index is -3.86. The lowest BCUT2D eigenvalue weighted by Crippen LogP contribution is -2.16. The summed E-state index contributed by atoms with van der Waals surface area (Å²) in [4.78, 5) is 13.5. The standard InChI is InChI=1S/C29H25N3O3S/c1-20-16-18-22(19-17-20)36(34,35)31-29-27(24-13-7-9-15-26(24)32(29)2)30-25-14-8-6-12-23(25)28(33)21-10-4-3-5-11-21/h3-19,30-31H,1-2H3. The molecule has 0 spiro atoms. The Morgan fingerprint density at radius 3 is 2.17 bits per heavy atom. The maximum Gasteiger partial charge on any atom is 0.263 e. The summed E-state index contributed by atoms with van der Waals surface area (Å²) in [5.41, 5.74) is 4.03. The van der Waals surface area contributed by atoms with Crippen LogP contribution in [-0.4, -0.2) is 18.8 Å². The molecule has 6 nitrogen and oxygen atoms in total. The smallest absolute Gasteiger partial charge is 0.263 e. The molecule has 0 saturated heterocycles. The van der Waals surface area contributed by atoms with Crippen molar-refractivity contribution < 1.29 is 13.2 Å². The number of para-hydroxylation sites is 2. The minimum Gasteiger partial charge on any atom is -0.351 e. The highest BCUT2D eigenvalue weighted by molar-refractivity contribution is 7.92. The molecule has 0 amide bonds. The number of fused-ring (bicyclic) bond motifs is 1. The fourth-order valence-electron chi connectivity index (χ4n) is 4.21. The zero-order valence-electron chi connectivity index (χ0n) is 19.9. The van der Waals surface area contributed by atoms with Crippen molar-refractivity contribution in [2.24, 2.45) is 7.05 Å². The van der Waals surface area contributed by atoms with Gasteiger partial charge in [0.05, 0.1) is 16.1 Å². The van der Waals surface area contributed by atoms with Crippen molar-refractivity contribution in [1.82, 2.24) is 4.57 Å². The van der Waals surface area contributed by atoms with Crippen molar-refractivity contribution in [3.63, 3.8) is 0 Å². The zero-order valence-corrected chi connectivity index (χ0v) is 20.7. The molecule has 0 aliphatic carbocycles. The Hall–Kier alpha value is -4.36. The van der Waals surface area contributed by atoms with Crippen molar-refractivity contribution in [1.29, 1.82) is 0 Å². The fraction of sp³-hybridized carbons (Fsp3) is 0.0690. The van der Waals surface area contributed by atoms with Crippen LogP contribution < -0.4 is 10.0 Å². The molecule has 7 heteroatoms. The molecule has 1 heterocycles. The van der Waals surface area contributed by atoms with Crippen LogP contribution in [-0.2, 0) is 17.1 Å². The van der Waals surface area contributed by atoms with Crippen LogP contribution in [0, 0.1) is 6.92 Å². The van der Waals surface area contributed by atoms with Gasteiger partial charge in [0.15, 0.2) is 5.78 Å². The molecule has 0 aliphatic heterocycles. The van der Waals surface area contributed by atoms with Crippen molar-refractivity contribution in [3.8, 4) is 0 Å². The Labute approximate surface area is 210 Å². The van der Waals surface area contributed by atoms with Gasteiger partial charge in [-0.2, -0.15) is 0 Å². The number of carbonyl (C=O) groups excluding carboxylic acids is 1. The molecule has 36 heavy (non-hydrogen) atoms. The van der Waals surface area contributed by atoms with Gasteiger partial charge in [0.2, 0.25) is 0 Å². The summed E-state index contributed by atoms with van der Waals surface area (Å²) in [5.74, 6) is 0.250. The lowest BCUT2D eigenvalue weighted by molar-refractivity contribution is 0.103. The zero-order chi connectivity index (χ0) is 25.3. The third-order valence-corrected chi connectivity index (χ3v) is 7.49. The first-order valence-electron chi connectivity index (χ1n) is 11.5. The Morgan fingerprint density at radius 1 is 0.778 bits per heavy atom. The number of aromatic nitrogens is 1. The number of benzene rings is 4. The number of aryl methyl sites for hydroxylation is 2. The molecule has 0 aliphatic rings. The normalized spacial score (nSPS) is 11.4. The van der Waals surface area contributed by atoms with Gasteiger partial charge in [-0.3, -0.25) is 9.52 Å². The van der Waals surface area contributed by atoms with Gasteiger partial charge in [-0.25, -0.2) is 8.42 Å². The van der Waals surface area contributed by atoms with Crippen molar-refractivity contribution in [2.75, 3.05) is 10.0 Å². The number of rotatable bonds is 7. The van der Waals surface area contributed by atoms with E-state index in [2.05, 4.69) is 10.0 Å². The number of ketones is 1. The quantitative estimate of drug-likeness (QED) is 0.261. The van der Waals surface area contributed by atoms with Crippen molar-refractivity contribution in [3.05, 3.63) is 120 Å². The average molecular weight is 496 g/mol. The molecule has 0 bridgehead atoms. The Bertz CT molecular complexity index is 1670. The van der Waals surface area contributed by atoms with Crippen LogP contribution >= 0.6 is 0 Å². The van der Waals surface area contributed by atoms with E-state index in [1.807, 2.05) is 74.6 Å². The van der Waals surface area contributed by atoms with Crippen LogP contribution in [0.15, 0.2) is 108 Å². The van der Waals surface area contributed by atoms with Crippen molar-refractivity contribution >= 4 is 43.9 Å². The summed E-state index contributed by atoms with van der Waals surface area (Å²) >= 11 is 0. The largest absolute Gasteiger partial charge is 0.351 e. The number of sulfonamides is 1. The second-order valence-corrected chi connectivity index (χ2v) is 10.3. The highest BCUT2D eigenvalue weighted by atomic mass is 32.2. The minimum absolute atomic E-state index is 0.124. The molecule has 2 N–H and O–H groups in total. The number of nitrogens with one attached hydrogen (secondary N) is 2. The van der Waals surface area contributed by atoms with Crippen LogP contribution in [0.2, 0.25) is 0 Å². The molecule has 0 unspecified atom stereocenters. The summed E-state index contributed by atoms with van der Waals surface area (Å²) in [5, 5.41) is 4.19. The first-order chi connectivity index (χ1) is 17.3. The van der Waals surface area contributed by atoms with E-state index >= 15 is 0 Å². The molecule has 0 fully saturated rings. The van der Waals surface area contributed by atoms with Gasteiger partial charge in [-0.1, -0.05) is 78.4 Å². The molecule has 5 rings (SSSR count). The van der Waals surface area contributed by atoms with E-state index in [0.717, 1.165) is 16.5 Å². The summed E-state index contributed by atoms with van der Waals surface area (Å²) < 4.78 is 31.2. The third-order valence-electron chi connectivity index (χ3n) is 6.14. The molecule has 0 radical (unpaired) electrons. The molecule has 4 aromatic carbocycles. The molecular weight excluding hydrogens is 470 g/mol. The fourth-order valence-corrected chi connectivity index (χ4v) is 5.32. The Kier molecular flexibility index (Phi) is 6.08. The maximum atomic E-state index is 13.3. The molecule has 0 saturated carbocycles. The van der Waals surface area contributed by atoms with E-state index in [9.17, 15) is 13.2 Å². The Balaban J connectivity index is 1.61.